The minimum absolute atomic E-state index is 0.137. The molecule has 0 spiro atoms. The Kier molecular flexibility index (Phi) is 5.60. The van der Waals surface area contributed by atoms with E-state index in [1.165, 1.54) is 0 Å². The molecule has 2 aromatic rings. The smallest absolute Gasteiger partial charge is 0.192 e. The van der Waals surface area contributed by atoms with Gasteiger partial charge in [-0.05, 0) is 44.3 Å². The lowest BCUT2D eigenvalue weighted by atomic mass is 10.1. The van der Waals surface area contributed by atoms with Gasteiger partial charge in [-0.3, -0.25) is 0 Å². The van der Waals surface area contributed by atoms with E-state index < -0.39 is 14.1 Å². The Morgan fingerprint density at radius 3 is 2.57 bits per heavy atom. The Morgan fingerprint density at radius 2 is 1.90 bits per heavy atom. The van der Waals surface area contributed by atoms with Crippen molar-refractivity contribution in [3.63, 3.8) is 0 Å². The standard InChI is InChI=1S/C21H33N3O4SSi/c1-20(2,3)30(7,8)25-11-14-15-16(28-21(4,5)27-15)19(26-14)24-10-9-13-17(24)22-12-23-18(13)29-6/h9-10,12,14-16,19H,11H2,1-8H3/t14-,15-,16-,19-/m1/s1. The number of thioether (sulfide) groups is 1. The zero-order valence-electron chi connectivity index (χ0n) is 19.1. The van der Waals surface area contributed by atoms with Gasteiger partial charge < -0.3 is 23.2 Å². The Bertz CT molecular complexity index is 927. The maximum absolute atomic E-state index is 6.50. The second-order valence-electron chi connectivity index (χ2n) is 10.0. The molecule has 0 aromatic carbocycles. The predicted molar refractivity (Wildman–Crippen MR) is 120 cm³/mol. The van der Waals surface area contributed by atoms with E-state index in [4.69, 9.17) is 18.6 Å². The molecule has 0 radical (unpaired) electrons. The molecule has 0 bridgehead atoms. The van der Waals surface area contributed by atoms with Gasteiger partial charge in [0.15, 0.2) is 20.3 Å². The molecule has 0 unspecified atom stereocenters. The molecule has 0 N–H and O–H groups in total. The van der Waals surface area contributed by atoms with E-state index in [0.717, 1.165) is 16.1 Å². The van der Waals surface area contributed by atoms with Crippen LogP contribution in [-0.4, -0.2) is 59.8 Å². The first-order chi connectivity index (χ1) is 13.9. The molecule has 0 saturated carbocycles. The fraction of sp³-hybridized carbons (Fsp3) is 0.714. The highest BCUT2D eigenvalue weighted by atomic mass is 32.2. The van der Waals surface area contributed by atoms with Crippen LogP contribution in [0.15, 0.2) is 23.6 Å². The van der Waals surface area contributed by atoms with Crippen LogP contribution in [0.3, 0.4) is 0 Å². The minimum atomic E-state index is -1.90. The quantitative estimate of drug-likeness (QED) is 0.374. The van der Waals surface area contributed by atoms with Crippen molar-refractivity contribution in [2.24, 2.45) is 0 Å². The number of hydrogen-bond donors (Lipinski definition) is 0. The third-order valence-electron chi connectivity index (χ3n) is 6.48. The summed E-state index contributed by atoms with van der Waals surface area (Å²) < 4.78 is 27.6. The van der Waals surface area contributed by atoms with E-state index >= 15 is 0 Å². The number of ether oxygens (including phenoxy) is 3. The van der Waals surface area contributed by atoms with Crippen LogP contribution in [0.5, 0.6) is 0 Å². The molecule has 4 heterocycles. The molecule has 0 aliphatic carbocycles. The lowest BCUT2D eigenvalue weighted by molar-refractivity contribution is -0.199. The van der Waals surface area contributed by atoms with Gasteiger partial charge in [-0.1, -0.05) is 20.8 Å². The summed E-state index contributed by atoms with van der Waals surface area (Å²) in [6, 6.07) is 2.04. The summed E-state index contributed by atoms with van der Waals surface area (Å²) in [4.78, 5) is 8.90. The van der Waals surface area contributed by atoms with Gasteiger partial charge in [0.2, 0.25) is 0 Å². The number of aromatic nitrogens is 3. The van der Waals surface area contributed by atoms with Crippen LogP contribution < -0.4 is 0 Å². The molecule has 2 saturated heterocycles. The molecule has 9 heteroatoms. The summed E-state index contributed by atoms with van der Waals surface area (Å²) in [5, 5.41) is 2.11. The summed E-state index contributed by atoms with van der Waals surface area (Å²) in [5.41, 5.74) is 0.845. The van der Waals surface area contributed by atoms with Crippen LogP contribution in [0, 0.1) is 0 Å². The fourth-order valence-electron chi connectivity index (χ4n) is 3.84. The fourth-order valence-corrected chi connectivity index (χ4v) is 5.39. The first-order valence-electron chi connectivity index (χ1n) is 10.4. The summed E-state index contributed by atoms with van der Waals surface area (Å²) >= 11 is 1.61. The maximum atomic E-state index is 6.50. The molecule has 0 amide bonds. The lowest BCUT2D eigenvalue weighted by Crippen LogP contribution is -2.44. The summed E-state index contributed by atoms with van der Waals surface area (Å²) in [6.07, 6.45) is 4.69. The largest absolute Gasteiger partial charge is 0.414 e. The molecule has 2 fully saturated rings. The molecule has 2 aliphatic heterocycles. The van der Waals surface area contributed by atoms with Gasteiger partial charge in [0.25, 0.3) is 0 Å². The number of hydrogen-bond acceptors (Lipinski definition) is 7. The maximum Gasteiger partial charge on any atom is 0.192 e. The Balaban J connectivity index is 1.63. The van der Waals surface area contributed by atoms with Gasteiger partial charge in [0.1, 0.15) is 35.3 Å². The van der Waals surface area contributed by atoms with Gasteiger partial charge in [-0.2, -0.15) is 0 Å². The van der Waals surface area contributed by atoms with E-state index in [0.29, 0.717) is 6.61 Å². The molecular formula is C21H33N3O4SSi. The summed E-state index contributed by atoms with van der Waals surface area (Å²) in [5.74, 6) is -0.658. The van der Waals surface area contributed by atoms with Crippen molar-refractivity contribution in [1.82, 2.24) is 14.5 Å². The highest BCUT2D eigenvalue weighted by Gasteiger charge is 2.56. The molecule has 4 atom stereocenters. The van der Waals surface area contributed by atoms with Crippen LogP contribution in [0.2, 0.25) is 18.1 Å². The lowest BCUT2D eigenvalue weighted by Gasteiger charge is -2.37. The molecule has 166 valence electrons. The van der Waals surface area contributed by atoms with Crippen LogP contribution in [0.4, 0.5) is 0 Å². The number of rotatable bonds is 5. The zero-order chi connectivity index (χ0) is 21.9. The molecule has 30 heavy (non-hydrogen) atoms. The normalized spacial score (nSPS) is 28.9. The summed E-state index contributed by atoms with van der Waals surface area (Å²) in [7, 11) is -1.90. The minimum Gasteiger partial charge on any atom is -0.414 e. The highest BCUT2D eigenvalue weighted by Crippen LogP contribution is 2.45. The van der Waals surface area contributed by atoms with Crippen molar-refractivity contribution in [3.8, 4) is 0 Å². The van der Waals surface area contributed by atoms with E-state index in [-0.39, 0.29) is 29.6 Å². The molecule has 2 aromatic heterocycles. The zero-order valence-corrected chi connectivity index (χ0v) is 20.9. The highest BCUT2D eigenvalue weighted by molar-refractivity contribution is 7.98. The topological polar surface area (TPSA) is 67.6 Å². The second-order valence-corrected chi connectivity index (χ2v) is 15.6. The van der Waals surface area contributed by atoms with E-state index in [2.05, 4.69) is 43.8 Å². The van der Waals surface area contributed by atoms with Gasteiger partial charge >= 0.3 is 0 Å². The third-order valence-corrected chi connectivity index (χ3v) is 11.7. The third kappa shape index (κ3) is 3.84. The van der Waals surface area contributed by atoms with Crippen molar-refractivity contribution in [2.45, 2.75) is 88.1 Å². The van der Waals surface area contributed by atoms with Crippen molar-refractivity contribution in [1.29, 1.82) is 0 Å². The Labute approximate surface area is 184 Å². The van der Waals surface area contributed by atoms with E-state index in [9.17, 15) is 0 Å². The average Bonchev–Trinajstić information content (AvgIpc) is 3.29. The monoisotopic (exact) mass is 451 g/mol. The van der Waals surface area contributed by atoms with Crippen LogP contribution in [-0.2, 0) is 18.6 Å². The van der Waals surface area contributed by atoms with Crippen molar-refractivity contribution < 1.29 is 18.6 Å². The van der Waals surface area contributed by atoms with Crippen molar-refractivity contribution in [3.05, 3.63) is 18.6 Å². The number of fused-ring (bicyclic) bond motifs is 2. The number of nitrogens with zero attached hydrogens (tertiary/aromatic N) is 3. The van der Waals surface area contributed by atoms with Gasteiger partial charge in [-0.25, -0.2) is 9.97 Å². The van der Waals surface area contributed by atoms with Crippen molar-refractivity contribution >= 4 is 31.1 Å². The van der Waals surface area contributed by atoms with E-state index in [1.54, 1.807) is 18.1 Å². The first kappa shape index (κ1) is 22.2. The van der Waals surface area contributed by atoms with Crippen molar-refractivity contribution in [2.75, 3.05) is 12.9 Å². The molecular weight excluding hydrogens is 418 g/mol. The SMILES string of the molecule is CSc1ncnc2c1ccn2[C@@H]1O[C@H](CO[Si](C)(C)C(C)(C)C)[C@H]2OC(C)(C)O[C@H]21. The molecule has 7 nitrogen and oxygen atoms in total. The van der Waals surface area contributed by atoms with Gasteiger partial charge in [0.05, 0.1) is 12.0 Å². The van der Waals surface area contributed by atoms with E-state index in [1.807, 2.05) is 36.9 Å². The molecule has 2 aliphatic rings. The average molecular weight is 452 g/mol. The predicted octanol–water partition coefficient (Wildman–Crippen LogP) is 4.59. The van der Waals surface area contributed by atoms with Crippen LogP contribution in [0.25, 0.3) is 11.0 Å². The Morgan fingerprint density at radius 1 is 1.20 bits per heavy atom. The first-order valence-corrected chi connectivity index (χ1v) is 14.6. The van der Waals surface area contributed by atoms with Crippen LogP contribution >= 0.6 is 11.8 Å². The van der Waals surface area contributed by atoms with Gasteiger partial charge in [0, 0.05) is 6.20 Å². The second kappa shape index (κ2) is 7.56. The Hall–Kier alpha value is -0.973. The summed E-state index contributed by atoms with van der Waals surface area (Å²) in [6.45, 7) is 15.7. The molecule has 4 rings (SSSR count). The van der Waals surface area contributed by atoms with Crippen LogP contribution in [0.1, 0.15) is 40.8 Å². The van der Waals surface area contributed by atoms with Gasteiger partial charge in [-0.15, -0.1) is 11.8 Å².